The van der Waals surface area contributed by atoms with Crippen molar-refractivity contribution in [2.75, 3.05) is 54.9 Å². The van der Waals surface area contributed by atoms with E-state index < -0.39 is 5.82 Å². The van der Waals surface area contributed by atoms with Gasteiger partial charge in [-0.25, -0.2) is 19.3 Å². The summed E-state index contributed by atoms with van der Waals surface area (Å²) in [4.78, 5) is 38.7. The number of nitrogens with two attached hydrogens (primary N) is 1. The maximum Gasteiger partial charge on any atom is 0.251 e. The van der Waals surface area contributed by atoms with Crippen LogP contribution in [0, 0.1) is 5.82 Å². The van der Waals surface area contributed by atoms with Crippen molar-refractivity contribution in [3.63, 3.8) is 0 Å². The van der Waals surface area contributed by atoms with Gasteiger partial charge in [0.05, 0.1) is 24.6 Å². The Kier molecular flexibility index (Phi) is 7.15. The van der Waals surface area contributed by atoms with E-state index in [0.29, 0.717) is 80.9 Å². The molecule has 3 N–H and O–H groups in total. The maximum absolute atomic E-state index is 15.5. The number of hydrogen-bond acceptors (Lipinski definition) is 10. The number of aromatic nitrogens is 5. The lowest BCUT2D eigenvalue weighted by Gasteiger charge is -2.28. The number of nitrogens with zero attached hydrogens (tertiary/aromatic N) is 7. The molecular weight excluding hydrogens is 513 g/mol. The highest BCUT2D eigenvalue weighted by Gasteiger charge is 2.31. The van der Waals surface area contributed by atoms with Gasteiger partial charge in [-0.15, -0.1) is 0 Å². The van der Waals surface area contributed by atoms with E-state index in [1.807, 2.05) is 17.0 Å². The standard InChI is InChI=1S/C28H28FN9O2/c29-22-14-19(26(39)32-8-5-18-2-1-7-31-15-18)3-4-23(22)38-9-6-21-24(20-16-33-27(30)34-17-20)35-28(36-25(21)38)37-10-12-40-13-11-37/h1-4,7,14-17H,5-6,8-13H2,(H,32,39)(H2,30,33,34). The molecule has 40 heavy (non-hydrogen) atoms. The van der Waals surface area contributed by atoms with Gasteiger partial charge in [-0.2, -0.15) is 4.98 Å². The highest BCUT2D eigenvalue weighted by molar-refractivity contribution is 5.94. The van der Waals surface area contributed by atoms with Crippen LogP contribution in [0.3, 0.4) is 0 Å². The molecule has 3 aromatic heterocycles. The van der Waals surface area contributed by atoms with Crippen LogP contribution < -0.4 is 20.9 Å². The molecule has 2 aliphatic heterocycles. The van der Waals surface area contributed by atoms with E-state index in [2.05, 4.69) is 25.2 Å². The van der Waals surface area contributed by atoms with Gasteiger partial charge in [-0.1, -0.05) is 6.07 Å². The third-order valence-electron chi connectivity index (χ3n) is 6.98. The topological polar surface area (TPSA) is 135 Å². The summed E-state index contributed by atoms with van der Waals surface area (Å²) in [5.41, 5.74) is 9.60. The number of ether oxygens (including phenoxy) is 1. The Morgan fingerprint density at radius 1 is 1.07 bits per heavy atom. The van der Waals surface area contributed by atoms with Crippen molar-refractivity contribution in [2.45, 2.75) is 12.8 Å². The van der Waals surface area contributed by atoms with Gasteiger partial charge in [0, 0.05) is 67.7 Å². The van der Waals surface area contributed by atoms with Gasteiger partial charge in [0.25, 0.3) is 5.91 Å². The number of fused-ring (bicyclic) bond motifs is 1. The number of rotatable bonds is 7. The molecule has 204 valence electrons. The van der Waals surface area contributed by atoms with Gasteiger partial charge in [-0.3, -0.25) is 9.78 Å². The molecule has 1 saturated heterocycles. The molecule has 0 bridgehead atoms. The van der Waals surface area contributed by atoms with Crippen LogP contribution >= 0.6 is 0 Å². The first-order valence-electron chi connectivity index (χ1n) is 13.1. The second-order valence-corrected chi connectivity index (χ2v) is 9.54. The summed E-state index contributed by atoms with van der Waals surface area (Å²) in [6, 6.07) is 8.33. The van der Waals surface area contributed by atoms with Gasteiger partial charge < -0.3 is 25.6 Å². The fourth-order valence-electron chi connectivity index (χ4n) is 4.92. The monoisotopic (exact) mass is 541 g/mol. The lowest BCUT2D eigenvalue weighted by Crippen LogP contribution is -2.37. The largest absolute Gasteiger partial charge is 0.378 e. The first-order chi connectivity index (χ1) is 19.6. The molecule has 0 saturated carbocycles. The van der Waals surface area contributed by atoms with Crippen molar-refractivity contribution in [3.05, 3.63) is 77.6 Å². The van der Waals surface area contributed by atoms with Crippen LogP contribution in [0.25, 0.3) is 11.3 Å². The second-order valence-electron chi connectivity index (χ2n) is 9.54. The minimum atomic E-state index is -0.503. The number of carbonyl (C=O) groups excluding carboxylic acids is 1. The molecule has 12 heteroatoms. The Bertz CT molecular complexity index is 1510. The number of carbonyl (C=O) groups is 1. The fraction of sp³-hybridized carbons (Fsp3) is 0.286. The summed E-state index contributed by atoms with van der Waals surface area (Å²) in [7, 11) is 0. The molecule has 11 nitrogen and oxygen atoms in total. The van der Waals surface area contributed by atoms with Crippen molar-refractivity contribution in [2.24, 2.45) is 0 Å². The third-order valence-corrected chi connectivity index (χ3v) is 6.98. The molecule has 0 unspecified atom stereocenters. The zero-order valence-electron chi connectivity index (χ0n) is 21.8. The molecule has 0 spiro atoms. The number of morpholine rings is 1. The van der Waals surface area contributed by atoms with Gasteiger partial charge >= 0.3 is 0 Å². The van der Waals surface area contributed by atoms with Gasteiger partial charge in [0.2, 0.25) is 11.9 Å². The predicted molar refractivity (Wildman–Crippen MR) is 148 cm³/mol. The molecule has 4 aromatic rings. The van der Waals surface area contributed by atoms with E-state index in [0.717, 1.165) is 11.1 Å². The van der Waals surface area contributed by atoms with Gasteiger partial charge in [0.1, 0.15) is 11.6 Å². The van der Waals surface area contributed by atoms with E-state index in [1.54, 1.807) is 36.9 Å². The normalized spacial score (nSPS) is 14.7. The molecular formula is C28H28FN9O2. The Morgan fingerprint density at radius 2 is 1.90 bits per heavy atom. The first-order valence-corrected chi connectivity index (χ1v) is 13.1. The summed E-state index contributed by atoms with van der Waals surface area (Å²) in [5.74, 6) is 0.491. The van der Waals surface area contributed by atoms with Crippen molar-refractivity contribution in [1.29, 1.82) is 0 Å². The Hall–Kier alpha value is -4.71. The number of nitrogen functional groups attached to an aromatic ring is 1. The van der Waals surface area contributed by atoms with E-state index >= 15 is 4.39 Å². The Morgan fingerprint density at radius 3 is 2.65 bits per heavy atom. The predicted octanol–water partition coefficient (Wildman–Crippen LogP) is 2.55. The van der Waals surface area contributed by atoms with E-state index in [9.17, 15) is 4.79 Å². The highest BCUT2D eigenvalue weighted by atomic mass is 19.1. The summed E-state index contributed by atoms with van der Waals surface area (Å²) >= 11 is 0. The molecule has 0 radical (unpaired) electrons. The molecule has 2 aliphatic rings. The van der Waals surface area contributed by atoms with Crippen LogP contribution in [0.15, 0.2) is 55.1 Å². The summed E-state index contributed by atoms with van der Waals surface area (Å²) < 4.78 is 21.0. The van der Waals surface area contributed by atoms with Crippen molar-refractivity contribution in [3.8, 4) is 11.3 Å². The Balaban J connectivity index is 1.27. The summed E-state index contributed by atoms with van der Waals surface area (Å²) in [6.45, 7) is 3.37. The molecule has 0 aliphatic carbocycles. The minimum Gasteiger partial charge on any atom is -0.378 e. The number of amides is 1. The quantitative estimate of drug-likeness (QED) is 0.359. The van der Waals surface area contributed by atoms with E-state index in [1.165, 1.54) is 6.07 Å². The van der Waals surface area contributed by atoms with E-state index in [-0.39, 0.29) is 17.4 Å². The maximum atomic E-state index is 15.5. The molecule has 1 aromatic carbocycles. The smallest absolute Gasteiger partial charge is 0.251 e. The van der Waals surface area contributed by atoms with Gasteiger partial charge in [0.15, 0.2) is 0 Å². The first kappa shape index (κ1) is 25.6. The van der Waals surface area contributed by atoms with Crippen molar-refractivity contribution < 1.29 is 13.9 Å². The van der Waals surface area contributed by atoms with Crippen LogP contribution in [0.1, 0.15) is 21.5 Å². The SMILES string of the molecule is Nc1ncc(-c2nc(N3CCOCC3)nc3c2CCN3c2ccc(C(=O)NCCc3cccnc3)cc2F)cn1. The molecule has 1 amide bonds. The number of anilines is 4. The molecule has 0 atom stereocenters. The van der Waals surface area contributed by atoms with Crippen molar-refractivity contribution >= 4 is 29.3 Å². The average Bonchev–Trinajstić information content (AvgIpc) is 3.42. The summed E-state index contributed by atoms with van der Waals surface area (Å²) in [6.07, 6.45) is 7.98. The number of pyridine rings is 1. The van der Waals surface area contributed by atoms with Crippen LogP contribution in [0.5, 0.6) is 0 Å². The van der Waals surface area contributed by atoms with Crippen LogP contribution in [0.4, 0.5) is 27.8 Å². The van der Waals surface area contributed by atoms with Crippen LogP contribution in [0.2, 0.25) is 0 Å². The average molecular weight is 542 g/mol. The number of benzene rings is 1. The lowest BCUT2D eigenvalue weighted by molar-refractivity contribution is 0.0953. The van der Waals surface area contributed by atoms with Crippen molar-refractivity contribution in [1.82, 2.24) is 30.2 Å². The minimum absolute atomic E-state index is 0.174. The molecule has 6 rings (SSSR count). The number of halogens is 1. The Labute approximate surface area is 230 Å². The zero-order valence-corrected chi connectivity index (χ0v) is 21.8. The van der Waals surface area contributed by atoms with Gasteiger partial charge in [-0.05, 0) is 42.7 Å². The molecule has 1 fully saturated rings. The van der Waals surface area contributed by atoms with Crippen LogP contribution in [-0.4, -0.2) is 70.2 Å². The number of nitrogens with one attached hydrogen (secondary N) is 1. The third kappa shape index (κ3) is 5.25. The number of hydrogen-bond donors (Lipinski definition) is 2. The second kappa shape index (κ2) is 11.2. The van der Waals surface area contributed by atoms with Crippen LogP contribution in [-0.2, 0) is 17.6 Å². The highest BCUT2D eigenvalue weighted by Crippen LogP contribution is 2.40. The fourth-order valence-corrected chi connectivity index (χ4v) is 4.92. The van der Waals surface area contributed by atoms with E-state index in [4.69, 9.17) is 20.4 Å². The summed E-state index contributed by atoms with van der Waals surface area (Å²) in [5, 5.41) is 2.85. The lowest BCUT2D eigenvalue weighted by atomic mass is 10.1. The zero-order chi connectivity index (χ0) is 27.5. The molecule has 5 heterocycles.